The van der Waals surface area contributed by atoms with Crippen molar-refractivity contribution in [2.75, 3.05) is 24.7 Å². The number of allylic oxidation sites excluding steroid dienone is 1. The van der Waals surface area contributed by atoms with Crippen LogP contribution in [0, 0.1) is 5.41 Å². The van der Waals surface area contributed by atoms with E-state index in [-0.39, 0.29) is 28.7 Å². The third kappa shape index (κ3) is 5.34. The molecule has 0 saturated carbocycles. The highest BCUT2D eigenvalue weighted by atomic mass is 32.1. The molecular weight excluding hydrogens is 434 g/mol. The van der Waals surface area contributed by atoms with Crippen LogP contribution in [-0.4, -0.2) is 38.8 Å². The molecule has 0 fully saturated rings. The number of amides is 1. The highest BCUT2D eigenvalue weighted by Gasteiger charge is 2.28. The number of phenols is 1. The van der Waals surface area contributed by atoms with Crippen LogP contribution in [0.15, 0.2) is 49.0 Å². The van der Waals surface area contributed by atoms with Gasteiger partial charge < -0.3 is 20.6 Å². The summed E-state index contributed by atoms with van der Waals surface area (Å²) >= 11 is 1.07. The van der Waals surface area contributed by atoms with E-state index in [1.165, 1.54) is 4.90 Å². The fraction of sp³-hybridized carbons (Fsp3) is 0.320. The highest BCUT2D eigenvalue weighted by molar-refractivity contribution is 6.99. The first-order valence-electron chi connectivity index (χ1n) is 10.6. The zero-order valence-corrected chi connectivity index (χ0v) is 20.7. The van der Waals surface area contributed by atoms with Gasteiger partial charge in [-0.3, -0.25) is 4.79 Å². The van der Waals surface area contributed by atoms with E-state index in [0.717, 1.165) is 17.3 Å². The van der Waals surface area contributed by atoms with Crippen LogP contribution in [0.2, 0.25) is 0 Å². The van der Waals surface area contributed by atoms with Crippen LogP contribution in [0.3, 0.4) is 0 Å². The van der Waals surface area contributed by atoms with Crippen LogP contribution in [0.5, 0.6) is 5.75 Å². The van der Waals surface area contributed by atoms with Crippen molar-refractivity contribution in [3.8, 4) is 5.75 Å². The van der Waals surface area contributed by atoms with Gasteiger partial charge in [0.1, 0.15) is 0 Å². The summed E-state index contributed by atoms with van der Waals surface area (Å²) in [4.78, 5) is 14.2. The number of aromatic hydroxyl groups is 1. The van der Waals surface area contributed by atoms with Crippen LogP contribution in [0.25, 0.3) is 5.57 Å². The zero-order valence-electron chi connectivity index (χ0n) is 19.9. The number of rotatable bonds is 7. The maximum atomic E-state index is 12.8. The lowest BCUT2D eigenvalue weighted by molar-refractivity contribution is 0.0824. The molecule has 174 valence electrons. The molecule has 2 aromatic carbocycles. The summed E-state index contributed by atoms with van der Waals surface area (Å²) in [5, 5.41) is 17.7. The summed E-state index contributed by atoms with van der Waals surface area (Å²) in [6.45, 7) is 12.2. The molecule has 7 nitrogen and oxygen atoms in total. The average Bonchev–Trinajstić information content (AvgIpc) is 3.19. The molecule has 0 aliphatic rings. The van der Waals surface area contributed by atoms with Gasteiger partial charge in [-0.25, -0.2) is 0 Å². The smallest absolute Gasteiger partial charge is 0.257 e. The quantitative estimate of drug-likeness (QED) is 0.375. The molecule has 0 bridgehead atoms. The van der Waals surface area contributed by atoms with Gasteiger partial charge in [0.05, 0.1) is 29.0 Å². The number of phenolic OH excluding ortho intramolecular Hbond substituents is 1. The molecule has 8 heteroatoms. The Morgan fingerprint density at radius 1 is 1.09 bits per heavy atom. The van der Waals surface area contributed by atoms with Gasteiger partial charge in [0.2, 0.25) is 0 Å². The maximum Gasteiger partial charge on any atom is 0.257 e. The first-order valence-corrected chi connectivity index (χ1v) is 11.4. The minimum atomic E-state index is -0.305. The second-order valence-corrected chi connectivity index (χ2v) is 9.83. The topological polar surface area (TPSA) is 90.4 Å². The summed E-state index contributed by atoms with van der Waals surface area (Å²) in [5.41, 5.74) is 2.90. The van der Waals surface area contributed by atoms with E-state index >= 15 is 0 Å². The van der Waals surface area contributed by atoms with E-state index in [1.54, 1.807) is 33.2 Å². The Bertz CT molecular complexity index is 1150. The number of anilines is 3. The van der Waals surface area contributed by atoms with Crippen molar-refractivity contribution in [3.05, 3.63) is 65.7 Å². The number of hydrogen-bond donors (Lipinski definition) is 3. The normalized spacial score (nSPS) is 12.2. The van der Waals surface area contributed by atoms with Crippen molar-refractivity contribution in [2.24, 2.45) is 5.41 Å². The van der Waals surface area contributed by atoms with Crippen molar-refractivity contribution in [1.82, 2.24) is 13.6 Å². The maximum absolute atomic E-state index is 12.8. The van der Waals surface area contributed by atoms with E-state index in [2.05, 4.69) is 58.9 Å². The van der Waals surface area contributed by atoms with Gasteiger partial charge in [0.15, 0.2) is 17.4 Å². The molecule has 1 unspecified atom stereocenters. The molecular formula is C25H31N5O2S. The van der Waals surface area contributed by atoms with Crippen LogP contribution >= 0.6 is 11.7 Å². The third-order valence-electron chi connectivity index (χ3n) is 5.28. The Balaban J connectivity index is 1.97. The van der Waals surface area contributed by atoms with Crippen LogP contribution in [0.4, 0.5) is 17.3 Å². The van der Waals surface area contributed by atoms with Gasteiger partial charge in [0.25, 0.3) is 5.91 Å². The first kappa shape index (κ1) is 24.3. The monoisotopic (exact) mass is 465 g/mol. The zero-order chi connectivity index (χ0) is 24.3. The van der Waals surface area contributed by atoms with Crippen molar-refractivity contribution in [3.63, 3.8) is 0 Å². The lowest BCUT2D eigenvalue weighted by Crippen LogP contribution is -2.26. The number of nitrogens with one attached hydrogen (secondary N) is 2. The molecule has 0 spiro atoms. The fourth-order valence-electron chi connectivity index (χ4n) is 3.56. The standard InChI is InChI=1S/C25H31N5O2S/c1-15(2)17-13-14-18(20(31)19(17)24(32)30(6)7)26-22-23(29-33-28-22)27-21(25(3,4)5)16-11-9-8-10-12-16/h8-14,21,31H,1H2,2-7H3,(H,26,28)(H,27,29). The second kappa shape index (κ2) is 9.62. The van der Waals surface area contributed by atoms with Crippen molar-refractivity contribution < 1.29 is 9.90 Å². The number of nitrogens with zero attached hydrogens (tertiary/aromatic N) is 3. The summed E-state index contributed by atoms with van der Waals surface area (Å²) in [6.07, 6.45) is 0. The van der Waals surface area contributed by atoms with E-state index in [4.69, 9.17) is 0 Å². The van der Waals surface area contributed by atoms with Gasteiger partial charge in [-0.15, -0.1) is 0 Å². The molecule has 33 heavy (non-hydrogen) atoms. The summed E-state index contributed by atoms with van der Waals surface area (Å²) in [7, 11) is 3.29. The lowest BCUT2D eigenvalue weighted by atomic mass is 9.82. The minimum absolute atomic E-state index is 0.0200. The molecule has 3 rings (SSSR count). The Morgan fingerprint density at radius 2 is 1.73 bits per heavy atom. The lowest BCUT2D eigenvalue weighted by Gasteiger charge is -2.32. The van der Waals surface area contributed by atoms with Gasteiger partial charge in [-0.1, -0.05) is 69.3 Å². The fourth-order valence-corrected chi connectivity index (χ4v) is 4.04. The third-order valence-corrected chi connectivity index (χ3v) is 5.81. The molecule has 0 aliphatic carbocycles. The molecule has 0 aliphatic heterocycles. The molecule has 1 heterocycles. The number of hydrogen-bond acceptors (Lipinski definition) is 7. The van der Waals surface area contributed by atoms with E-state index in [1.807, 2.05) is 18.2 Å². The molecule has 1 atom stereocenters. The molecule has 1 amide bonds. The summed E-state index contributed by atoms with van der Waals surface area (Å²) in [5.74, 6) is 0.601. The van der Waals surface area contributed by atoms with Gasteiger partial charge in [0, 0.05) is 14.1 Å². The predicted molar refractivity (Wildman–Crippen MR) is 136 cm³/mol. The van der Waals surface area contributed by atoms with E-state index in [9.17, 15) is 9.90 Å². The molecule has 3 N–H and O–H groups in total. The van der Waals surface area contributed by atoms with Crippen molar-refractivity contribution in [2.45, 2.75) is 33.7 Å². The number of aromatic nitrogens is 2. The van der Waals surface area contributed by atoms with Crippen LogP contribution < -0.4 is 10.6 Å². The summed E-state index contributed by atoms with van der Waals surface area (Å²) < 4.78 is 8.82. The second-order valence-electron chi connectivity index (χ2n) is 9.30. The number of carbonyl (C=O) groups excluding carboxylic acids is 1. The van der Waals surface area contributed by atoms with E-state index < -0.39 is 0 Å². The average molecular weight is 466 g/mol. The van der Waals surface area contributed by atoms with Crippen LogP contribution in [0.1, 0.15) is 55.2 Å². The van der Waals surface area contributed by atoms with Gasteiger partial charge >= 0.3 is 0 Å². The molecule has 3 aromatic rings. The highest BCUT2D eigenvalue weighted by Crippen LogP contribution is 2.40. The van der Waals surface area contributed by atoms with Crippen molar-refractivity contribution >= 4 is 40.5 Å². The minimum Gasteiger partial charge on any atom is -0.505 e. The number of carbonyl (C=O) groups is 1. The molecule has 0 saturated heterocycles. The largest absolute Gasteiger partial charge is 0.505 e. The SMILES string of the molecule is C=C(C)c1ccc(Nc2nsnc2NC(c2ccccc2)C(C)(C)C)c(O)c1C(=O)N(C)C. The Hall–Kier alpha value is -3.39. The Kier molecular flexibility index (Phi) is 7.07. The van der Waals surface area contributed by atoms with Gasteiger partial charge in [-0.05, 0) is 29.5 Å². The van der Waals surface area contributed by atoms with Crippen LogP contribution in [-0.2, 0) is 0 Å². The summed E-state index contributed by atoms with van der Waals surface area (Å²) in [6, 6.07) is 13.6. The van der Waals surface area contributed by atoms with E-state index in [0.29, 0.717) is 28.5 Å². The van der Waals surface area contributed by atoms with Crippen molar-refractivity contribution in [1.29, 1.82) is 0 Å². The molecule has 1 aromatic heterocycles. The van der Waals surface area contributed by atoms with Gasteiger partial charge in [-0.2, -0.15) is 8.75 Å². The predicted octanol–water partition coefficient (Wildman–Crippen LogP) is 5.92. The number of benzene rings is 2. The first-order chi connectivity index (χ1) is 15.5. The molecule has 0 radical (unpaired) electrons. The Labute approximate surface area is 199 Å². The Morgan fingerprint density at radius 3 is 2.30 bits per heavy atom.